The molecule has 0 fully saturated rings. The molecule has 0 bridgehead atoms. The molecule has 0 atom stereocenters. The Morgan fingerprint density at radius 3 is 2.56 bits per heavy atom. The van der Waals surface area contributed by atoms with Crippen LogP contribution in [0.4, 0.5) is 0 Å². The molecule has 0 amide bonds. The zero-order valence-corrected chi connectivity index (χ0v) is 10.6. The van der Waals surface area contributed by atoms with Crippen LogP contribution in [0.1, 0.15) is 25.3 Å². The van der Waals surface area contributed by atoms with Crippen molar-refractivity contribution in [3.05, 3.63) is 47.5 Å². The first kappa shape index (κ1) is 14.2. The SMILES string of the molecule is CCOC(=O)/C(=C/CCC=O)Cc1ccccc1. The van der Waals surface area contributed by atoms with Gasteiger partial charge in [0.1, 0.15) is 6.29 Å². The lowest BCUT2D eigenvalue weighted by Gasteiger charge is -2.07. The van der Waals surface area contributed by atoms with E-state index in [-0.39, 0.29) is 5.97 Å². The predicted molar refractivity (Wildman–Crippen MR) is 70.2 cm³/mol. The summed E-state index contributed by atoms with van der Waals surface area (Å²) in [6, 6.07) is 9.73. The lowest BCUT2D eigenvalue weighted by Crippen LogP contribution is -2.10. The fourth-order valence-corrected chi connectivity index (χ4v) is 1.59. The van der Waals surface area contributed by atoms with Crippen molar-refractivity contribution in [2.24, 2.45) is 0 Å². The van der Waals surface area contributed by atoms with Gasteiger partial charge in [-0.2, -0.15) is 0 Å². The van der Waals surface area contributed by atoms with Crippen LogP contribution in [0.2, 0.25) is 0 Å². The van der Waals surface area contributed by atoms with Gasteiger partial charge in [0.15, 0.2) is 0 Å². The van der Waals surface area contributed by atoms with Crippen LogP contribution in [-0.2, 0) is 20.7 Å². The second-order valence-corrected chi connectivity index (χ2v) is 3.86. The Hall–Kier alpha value is -1.90. The van der Waals surface area contributed by atoms with Crippen LogP contribution in [-0.4, -0.2) is 18.9 Å². The Labute approximate surface area is 107 Å². The molecular formula is C15H18O3. The minimum atomic E-state index is -0.299. The highest BCUT2D eigenvalue weighted by Crippen LogP contribution is 2.11. The predicted octanol–water partition coefficient (Wildman–Crippen LogP) is 2.70. The summed E-state index contributed by atoms with van der Waals surface area (Å²) in [5.41, 5.74) is 1.67. The molecule has 1 aromatic rings. The minimum Gasteiger partial charge on any atom is -0.463 e. The molecule has 0 aromatic heterocycles. The van der Waals surface area contributed by atoms with Crippen LogP contribution in [0.15, 0.2) is 42.0 Å². The van der Waals surface area contributed by atoms with E-state index < -0.39 is 0 Å². The topological polar surface area (TPSA) is 43.4 Å². The van der Waals surface area contributed by atoms with Crippen molar-refractivity contribution in [3.63, 3.8) is 0 Å². The fourth-order valence-electron chi connectivity index (χ4n) is 1.59. The van der Waals surface area contributed by atoms with E-state index in [1.54, 1.807) is 13.0 Å². The third kappa shape index (κ3) is 4.95. The summed E-state index contributed by atoms with van der Waals surface area (Å²) in [4.78, 5) is 22.1. The Morgan fingerprint density at radius 1 is 1.22 bits per heavy atom. The Kier molecular flexibility index (Phi) is 6.47. The van der Waals surface area contributed by atoms with Crippen LogP contribution < -0.4 is 0 Å². The number of hydrogen-bond acceptors (Lipinski definition) is 3. The van der Waals surface area contributed by atoms with Crippen molar-refractivity contribution < 1.29 is 14.3 Å². The van der Waals surface area contributed by atoms with Gasteiger partial charge < -0.3 is 9.53 Å². The number of unbranched alkanes of at least 4 members (excludes halogenated alkanes) is 1. The quantitative estimate of drug-likeness (QED) is 0.321. The van der Waals surface area contributed by atoms with E-state index in [4.69, 9.17) is 4.74 Å². The van der Waals surface area contributed by atoms with Crippen LogP contribution >= 0.6 is 0 Å². The van der Waals surface area contributed by atoms with Gasteiger partial charge in [0.2, 0.25) is 0 Å². The summed E-state index contributed by atoms with van der Waals surface area (Å²) in [5.74, 6) is -0.299. The molecule has 0 N–H and O–H groups in total. The number of carbonyl (C=O) groups is 2. The average Bonchev–Trinajstić information content (AvgIpc) is 2.39. The van der Waals surface area contributed by atoms with Gasteiger partial charge in [0.05, 0.1) is 6.61 Å². The number of hydrogen-bond donors (Lipinski definition) is 0. The molecule has 0 radical (unpaired) electrons. The first-order chi connectivity index (χ1) is 8.77. The maximum Gasteiger partial charge on any atom is 0.334 e. The largest absolute Gasteiger partial charge is 0.463 e. The van der Waals surface area contributed by atoms with E-state index in [9.17, 15) is 9.59 Å². The summed E-state index contributed by atoms with van der Waals surface area (Å²) in [6.45, 7) is 2.14. The van der Waals surface area contributed by atoms with E-state index in [2.05, 4.69) is 0 Å². The number of carbonyl (C=O) groups excluding carboxylic acids is 2. The summed E-state index contributed by atoms with van der Waals surface area (Å²) >= 11 is 0. The number of aldehydes is 1. The van der Waals surface area contributed by atoms with Crippen LogP contribution in [0.5, 0.6) is 0 Å². The van der Waals surface area contributed by atoms with E-state index in [1.165, 1.54) is 0 Å². The summed E-state index contributed by atoms with van der Waals surface area (Å²) in [5, 5.41) is 0. The first-order valence-electron chi connectivity index (χ1n) is 6.11. The standard InChI is InChI=1S/C15H18O3/c1-2-18-15(17)14(10-6-7-11-16)12-13-8-4-3-5-9-13/h3-5,8-11H,2,6-7,12H2,1H3/b14-10+. The maximum absolute atomic E-state index is 11.8. The Morgan fingerprint density at radius 2 is 1.94 bits per heavy atom. The van der Waals surface area contributed by atoms with Crippen molar-refractivity contribution in [2.75, 3.05) is 6.61 Å². The third-order valence-corrected chi connectivity index (χ3v) is 2.45. The van der Waals surface area contributed by atoms with Gasteiger partial charge in [-0.1, -0.05) is 36.4 Å². The number of esters is 1. The van der Waals surface area contributed by atoms with Crippen molar-refractivity contribution >= 4 is 12.3 Å². The van der Waals surface area contributed by atoms with E-state index in [0.29, 0.717) is 31.4 Å². The Balaban J connectivity index is 2.74. The minimum absolute atomic E-state index is 0.299. The average molecular weight is 246 g/mol. The van der Waals surface area contributed by atoms with E-state index in [0.717, 1.165) is 11.8 Å². The lowest BCUT2D eigenvalue weighted by atomic mass is 10.0. The summed E-state index contributed by atoms with van der Waals surface area (Å²) in [6.07, 6.45) is 4.18. The number of ether oxygens (including phenoxy) is 1. The number of rotatable bonds is 7. The molecule has 1 rings (SSSR count). The van der Waals surface area contributed by atoms with Gasteiger partial charge in [-0.05, 0) is 18.9 Å². The van der Waals surface area contributed by atoms with Gasteiger partial charge in [-0.3, -0.25) is 0 Å². The zero-order valence-electron chi connectivity index (χ0n) is 10.6. The highest BCUT2D eigenvalue weighted by molar-refractivity contribution is 5.89. The molecule has 0 spiro atoms. The smallest absolute Gasteiger partial charge is 0.334 e. The van der Waals surface area contributed by atoms with Crippen molar-refractivity contribution in [3.8, 4) is 0 Å². The molecule has 0 heterocycles. The number of benzene rings is 1. The lowest BCUT2D eigenvalue weighted by molar-refractivity contribution is -0.138. The van der Waals surface area contributed by atoms with Crippen molar-refractivity contribution in [1.29, 1.82) is 0 Å². The van der Waals surface area contributed by atoms with Gasteiger partial charge in [-0.15, -0.1) is 0 Å². The van der Waals surface area contributed by atoms with Gasteiger partial charge in [-0.25, -0.2) is 4.79 Å². The van der Waals surface area contributed by atoms with Crippen molar-refractivity contribution in [2.45, 2.75) is 26.2 Å². The van der Waals surface area contributed by atoms with Crippen LogP contribution in [0, 0.1) is 0 Å². The van der Waals surface area contributed by atoms with E-state index >= 15 is 0 Å². The summed E-state index contributed by atoms with van der Waals surface area (Å²) in [7, 11) is 0. The van der Waals surface area contributed by atoms with Crippen molar-refractivity contribution in [1.82, 2.24) is 0 Å². The molecule has 1 aromatic carbocycles. The highest BCUT2D eigenvalue weighted by atomic mass is 16.5. The van der Waals surface area contributed by atoms with Gasteiger partial charge in [0, 0.05) is 18.4 Å². The monoisotopic (exact) mass is 246 g/mol. The fraction of sp³-hybridized carbons (Fsp3) is 0.333. The molecule has 0 aliphatic carbocycles. The van der Waals surface area contributed by atoms with Gasteiger partial charge in [0.25, 0.3) is 0 Å². The molecule has 18 heavy (non-hydrogen) atoms. The molecule has 0 aliphatic heterocycles. The first-order valence-corrected chi connectivity index (χ1v) is 6.11. The molecule has 96 valence electrons. The third-order valence-electron chi connectivity index (χ3n) is 2.45. The molecule has 3 nitrogen and oxygen atoms in total. The second kappa shape index (κ2) is 8.23. The normalized spacial score (nSPS) is 11.1. The van der Waals surface area contributed by atoms with Crippen LogP contribution in [0.25, 0.3) is 0 Å². The second-order valence-electron chi connectivity index (χ2n) is 3.86. The molecule has 0 saturated heterocycles. The summed E-state index contributed by atoms with van der Waals surface area (Å²) < 4.78 is 5.01. The zero-order chi connectivity index (χ0) is 13.2. The van der Waals surface area contributed by atoms with Gasteiger partial charge >= 0.3 is 5.97 Å². The Bertz CT molecular complexity index is 407. The molecule has 3 heteroatoms. The van der Waals surface area contributed by atoms with Crippen LogP contribution in [0.3, 0.4) is 0 Å². The molecule has 0 aliphatic rings. The highest BCUT2D eigenvalue weighted by Gasteiger charge is 2.10. The number of allylic oxidation sites excluding steroid dienone is 1. The molecular weight excluding hydrogens is 228 g/mol. The van der Waals surface area contributed by atoms with E-state index in [1.807, 2.05) is 30.3 Å². The maximum atomic E-state index is 11.8. The molecule has 0 saturated carbocycles. The molecule has 0 unspecified atom stereocenters.